The number of nitrogens with zero attached hydrogens (tertiary/aromatic N) is 2. The van der Waals surface area contributed by atoms with E-state index in [-0.39, 0.29) is 5.97 Å². The van der Waals surface area contributed by atoms with Crippen molar-refractivity contribution in [2.45, 2.75) is 13.8 Å². The van der Waals surface area contributed by atoms with E-state index >= 15 is 0 Å². The quantitative estimate of drug-likeness (QED) is 0.776. The van der Waals surface area contributed by atoms with Crippen molar-refractivity contribution in [1.29, 1.82) is 0 Å². The van der Waals surface area contributed by atoms with Crippen LogP contribution in [-0.4, -0.2) is 22.5 Å². The number of pyridine rings is 2. The molecule has 2 aromatic heterocycles. The topological polar surface area (TPSA) is 52.1 Å². The predicted octanol–water partition coefficient (Wildman–Crippen LogP) is 2.63. The number of hydrogen-bond acceptors (Lipinski definition) is 4. The van der Waals surface area contributed by atoms with Gasteiger partial charge in [0.2, 0.25) is 0 Å². The number of esters is 1. The van der Waals surface area contributed by atoms with Crippen molar-refractivity contribution in [3.05, 3.63) is 47.9 Å². The van der Waals surface area contributed by atoms with Crippen molar-refractivity contribution in [3.8, 4) is 11.3 Å². The Hall–Kier alpha value is -2.23. The van der Waals surface area contributed by atoms with E-state index in [1.807, 2.05) is 18.2 Å². The summed E-state index contributed by atoms with van der Waals surface area (Å²) >= 11 is 0. The van der Waals surface area contributed by atoms with Crippen LogP contribution in [-0.2, 0) is 4.74 Å². The number of aromatic nitrogens is 2. The third-order valence-electron chi connectivity index (χ3n) is 2.56. The number of carbonyl (C=O) groups is 1. The van der Waals surface area contributed by atoms with Crippen LogP contribution in [0.3, 0.4) is 0 Å². The molecule has 2 aromatic rings. The molecule has 18 heavy (non-hydrogen) atoms. The van der Waals surface area contributed by atoms with Gasteiger partial charge in [0.05, 0.1) is 23.6 Å². The van der Waals surface area contributed by atoms with Crippen molar-refractivity contribution in [2.75, 3.05) is 6.61 Å². The van der Waals surface area contributed by atoms with E-state index < -0.39 is 0 Å². The molecule has 2 heterocycles. The summed E-state index contributed by atoms with van der Waals surface area (Å²) in [5.74, 6) is -0.330. The molecule has 0 saturated carbocycles. The van der Waals surface area contributed by atoms with Crippen molar-refractivity contribution in [2.24, 2.45) is 0 Å². The van der Waals surface area contributed by atoms with E-state index in [1.54, 1.807) is 32.3 Å². The summed E-state index contributed by atoms with van der Waals surface area (Å²) in [6, 6.07) is 7.32. The Balaban J connectivity index is 2.34. The molecule has 0 unspecified atom stereocenters. The zero-order valence-corrected chi connectivity index (χ0v) is 10.4. The first-order valence-corrected chi connectivity index (χ1v) is 5.77. The first-order valence-electron chi connectivity index (χ1n) is 5.77. The third kappa shape index (κ3) is 2.53. The number of rotatable bonds is 3. The summed E-state index contributed by atoms with van der Waals surface area (Å²) in [6.07, 6.45) is 3.43. The van der Waals surface area contributed by atoms with Crippen LogP contribution < -0.4 is 0 Å². The molecule has 92 valence electrons. The zero-order chi connectivity index (χ0) is 13.0. The second kappa shape index (κ2) is 5.40. The largest absolute Gasteiger partial charge is 0.462 e. The molecular formula is C14H14N2O2. The minimum Gasteiger partial charge on any atom is -0.462 e. The van der Waals surface area contributed by atoms with Gasteiger partial charge < -0.3 is 4.74 Å². The first-order chi connectivity index (χ1) is 8.72. The fraction of sp³-hybridized carbons (Fsp3) is 0.214. The maximum atomic E-state index is 11.6. The number of carbonyl (C=O) groups excluding carboxylic acids is 1. The fourth-order valence-electron chi connectivity index (χ4n) is 1.67. The van der Waals surface area contributed by atoms with E-state index in [9.17, 15) is 4.79 Å². The molecule has 0 radical (unpaired) electrons. The van der Waals surface area contributed by atoms with Crippen molar-refractivity contribution < 1.29 is 9.53 Å². The second-order valence-electron chi connectivity index (χ2n) is 3.79. The van der Waals surface area contributed by atoms with Crippen molar-refractivity contribution in [3.63, 3.8) is 0 Å². The molecule has 4 heteroatoms. The highest BCUT2D eigenvalue weighted by molar-refractivity contribution is 5.90. The molecule has 0 aliphatic heterocycles. The molecule has 0 aromatic carbocycles. The molecule has 0 saturated heterocycles. The van der Waals surface area contributed by atoms with Crippen LogP contribution in [0.2, 0.25) is 0 Å². The van der Waals surface area contributed by atoms with Crippen molar-refractivity contribution in [1.82, 2.24) is 9.97 Å². The van der Waals surface area contributed by atoms with Crippen LogP contribution in [0, 0.1) is 6.92 Å². The fourth-order valence-corrected chi connectivity index (χ4v) is 1.67. The normalized spacial score (nSPS) is 10.1. The summed E-state index contributed by atoms with van der Waals surface area (Å²) in [5, 5.41) is 0. The van der Waals surface area contributed by atoms with Crippen LogP contribution in [0.5, 0.6) is 0 Å². The van der Waals surface area contributed by atoms with Crippen LogP contribution in [0.15, 0.2) is 36.7 Å². The minimum atomic E-state index is -0.330. The molecule has 0 atom stereocenters. The summed E-state index contributed by atoms with van der Waals surface area (Å²) in [5.41, 5.74) is 2.98. The maximum absolute atomic E-state index is 11.6. The van der Waals surface area contributed by atoms with Gasteiger partial charge in [-0.25, -0.2) is 4.79 Å². The minimum absolute atomic E-state index is 0.330. The molecule has 0 aliphatic rings. The van der Waals surface area contributed by atoms with E-state index in [0.717, 1.165) is 11.3 Å². The van der Waals surface area contributed by atoms with E-state index in [1.165, 1.54) is 0 Å². The van der Waals surface area contributed by atoms with Crippen LogP contribution in [0.1, 0.15) is 23.0 Å². The number of hydrogen-bond donors (Lipinski definition) is 0. The Labute approximate surface area is 106 Å². The standard InChI is InChI=1S/C14H14N2O2/c1-3-18-14(17)12-4-5-13(16-10(12)2)11-6-8-15-9-7-11/h4-9H,3H2,1-2H3. The molecule has 0 fully saturated rings. The average Bonchev–Trinajstić information content (AvgIpc) is 2.40. The molecule has 2 rings (SSSR count). The van der Waals surface area contributed by atoms with Crippen LogP contribution >= 0.6 is 0 Å². The third-order valence-corrected chi connectivity index (χ3v) is 2.56. The number of ether oxygens (including phenoxy) is 1. The Morgan fingerprint density at radius 2 is 1.94 bits per heavy atom. The Morgan fingerprint density at radius 3 is 2.56 bits per heavy atom. The molecule has 0 N–H and O–H groups in total. The maximum Gasteiger partial charge on any atom is 0.339 e. The Bertz CT molecular complexity index is 553. The lowest BCUT2D eigenvalue weighted by Crippen LogP contribution is -2.08. The van der Waals surface area contributed by atoms with Gasteiger partial charge in [0.15, 0.2) is 0 Å². The Morgan fingerprint density at radius 1 is 1.22 bits per heavy atom. The monoisotopic (exact) mass is 242 g/mol. The molecule has 0 amide bonds. The molecular weight excluding hydrogens is 228 g/mol. The SMILES string of the molecule is CCOC(=O)c1ccc(-c2ccncc2)nc1C. The summed E-state index contributed by atoms with van der Waals surface area (Å²) in [7, 11) is 0. The molecule has 0 spiro atoms. The van der Waals surface area contributed by atoms with Gasteiger partial charge in [-0.05, 0) is 38.1 Å². The van der Waals surface area contributed by atoms with Crippen LogP contribution in [0.25, 0.3) is 11.3 Å². The highest BCUT2D eigenvalue weighted by Gasteiger charge is 2.11. The average molecular weight is 242 g/mol. The second-order valence-corrected chi connectivity index (χ2v) is 3.79. The van der Waals surface area contributed by atoms with Crippen molar-refractivity contribution >= 4 is 5.97 Å². The van der Waals surface area contributed by atoms with E-state index in [4.69, 9.17) is 4.74 Å². The van der Waals surface area contributed by atoms with Gasteiger partial charge in [-0.3, -0.25) is 9.97 Å². The van der Waals surface area contributed by atoms with Gasteiger partial charge in [-0.1, -0.05) is 0 Å². The predicted molar refractivity (Wildman–Crippen MR) is 68.2 cm³/mol. The lowest BCUT2D eigenvalue weighted by atomic mass is 10.1. The first kappa shape index (κ1) is 12.2. The summed E-state index contributed by atoms with van der Waals surface area (Å²) < 4.78 is 4.97. The van der Waals surface area contributed by atoms with E-state index in [0.29, 0.717) is 17.9 Å². The van der Waals surface area contributed by atoms with Gasteiger partial charge in [0.1, 0.15) is 0 Å². The van der Waals surface area contributed by atoms with Crippen LogP contribution in [0.4, 0.5) is 0 Å². The smallest absolute Gasteiger partial charge is 0.339 e. The van der Waals surface area contributed by atoms with Gasteiger partial charge in [-0.15, -0.1) is 0 Å². The molecule has 0 bridgehead atoms. The molecule has 0 aliphatic carbocycles. The highest BCUT2D eigenvalue weighted by Crippen LogP contribution is 2.18. The van der Waals surface area contributed by atoms with E-state index in [2.05, 4.69) is 9.97 Å². The zero-order valence-electron chi connectivity index (χ0n) is 10.4. The number of aryl methyl sites for hydroxylation is 1. The molecule has 4 nitrogen and oxygen atoms in total. The summed E-state index contributed by atoms with van der Waals surface area (Å²) in [4.78, 5) is 20.0. The highest BCUT2D eigenvalue weighted by atomic mass is 16.5. The van der Waals surface area contributed by atoms with Gasteiger partial charge in [0.25, 0.3) is 0 Å². The van der Waals surface area contributed by atoms with Gasteiger partial charge in [0, 0.05) is 18.0 Å². The van der Waals surface area contributed by atoms with Gasteiger partial charge in [-0.2, -0.15) is 0 Å². The Kier molecular flexibility index (Phi) is 3.67. The summed E-state index contributed by atoms with van der Waals surface area (Å²) in [6.45, 7) is 3.95. The van der Waals surface area contributed by atoms with Gasteiger partial charge >= 0.3 is 5.97 Å². The lowest BCUT2D eigenvalue weighted by molar-refractivity contribution is 0.0525. The lowest BCUT2D eigenvalue weighted by Gasteiger charge is -2.07.